The van der Waals surface area contributed by atoms with Crippen LogP contribution in [0.2, 0.25) is 0 Å². The van der Waals surface area contributed by atoms with Crippen LogP contribution in [0.1, 0.15) is 19.4 Å². The summed E-state index contributed by atoms with van der Waals surface area (Å²) in [6.45, 7) is 6.17. The highest BCUT2D eigenvalue weighted by Gasteiger charge is 2.07. The number of nitrogens with zero attached hydrogens (tertiary/aromatic N) is 2. The van der Waals surface area contributed by atoms with Gasteiger partial charge in [0.15, 0.2) is 5.82 Å². The number of rotatable bonds is 6. The number of aromatic nitrogens is 2. The molecule has 1 aromatic carbocycles. The first kappa shape index (κ1) is 14.5. The molecule has 0 aliphatic heterocycles. The van der Waals surface area contributed by atoms with E-state index < -0.39 is 0 Å². The second-order valence-electron chi connectivity index (χ2n) is 5.14. The number of benzene rings is 1. The van der Waals surface area contributed by atoms with E-state index in [1.807, 2.05) is 36.7 Å². The van der Waals surface area contributed by atoms with Crippen LogP contribution in [0.5, 0.6) is 5.75 Å². The SMILES string of the molecule is COc1ccccc1-c1ncc(CNCC(C)C)cn1. The maximum Gasteiger partial charge on any atom is 0.162 e. The Labute approximate surface area is 120 Å². The monoisotopic (exact) mass is 271 g/mol. The second kappa shape index (κ2) is 7.01. The molecule has 0 aliphatic carbocycles. The van der Waals surface area contributed by atoms with Gasteiger partial charge in [0.05, 0.1) is 12.7 Å². The van der Waals surface area contributed by atoms with Crippen LogP contribution in [-0.2, 0) is 6.54 Å². The minimum Gasteiger partial charge on any atom is -0.496 e. The summed E-state index contributed by atoms with van der Waals surface area (Å²) >= 11 is 0. The lowest BCUT2D eigenvalue weighted by Crippen LogP contribution is -2.19. The molecular weight excluding hydrogens is 250 g/mol. The predicted octanol–water partition coefficient (Wildman–Crippen LogP) is 2.90. The van der Waals surface area contributed by atoms with E-state index in [0.29, 0.717) is 11.7 Å². The zero-order valence-electron chi connectivity index (χ0n) is 12.3. The van der Waals surface area contributed by atoms with Crippen molar-refractivity contribution >= 4 is 0 Å². The van der Waals surface area contributed by atoms with Crippen molar-refractivity contribution in [3.8, 4) is 17.1 Å². The molecule has 1 aromatic heterocycles. The lowest BCUT2D eigenvalue weighted by molar-refractivity contribution is 0.416. The van der Waals surface area contributed by atoms with E-state index in [4.69, 9.17) is 4.74 Å². The first-order valence-corrected chi connectivity index (χ1v) is 6.85. The third-order valence-corrected chi connectivity index (χ3v) is 2.93. The van der Waals surface area contributed by atoms with Crippen LogP contribution in [0.15, 0.2) is 36.7 Å². The number of methoxy groups -OCH3 is 1. The highest BCUT2D eigenvalue weighted by molar-refractivity contribution is 5.63. The Morgan fingerprint density at radius 2 is 1.85 bits per heavy atom. The van der Waals surface area contributed by atoms with E-state index in [0.717, 1.165) is 30.0 Å². The third-order valence-electron chi connectivity index (χ3n) is 2.93. The van der Waals surface area contributed by atoms with Crippen LogP contribution in [0.25, 0.3) is 11.4 Å². The quantitative estimate of drug-likeness (QED) is 0.877. The molecule has 2 rings (SSSR count). The Bertz CT molecular complexity index is 538. The van der Waals surface area contributed by atoms with Crippen molar-refractivity contribution in [2.24, 2.45) is 5.92 Å². The molecule has 0 saturated heterocycles. The molecule has 0 bridgehead atoms. The van der Waals surface area contributed by atoms with Crippen LogP contribution in [-0.4, -0.2) is 23.6 Å². The lowest BCUT2D eigenvalue weighted by atomic mass is 10.2. The van der Waals surface area contributed by atoms with E-state index in [-0.39, 0.29) is 0 Å². The molecule has 0 saturated carbocycles. The summed E-state index contributed by atoms with van der Waals surface area (Å²) in [7, 11) is 1.66. The van der Waals surface area contributed by atoms with Crippen LogP contribution >= 0.6 is 0 Å². The molecule has 0 fully saturated rings. The van der Waals surface area contributed by atoms with Crippen LogP contribution in [0.4, 0.5) is 0 Å². The van der Waals surface area contributed by atoms with E-state index >= 15 is 0 Å². The zero-order valence-corrected chi connectivity index (χ0v) is 12.3. The predicted molar refractivity (Wildman–Crippen MR) is 80.6 cm³/mol. The third kappa shape index (κ3) is 3.78. The number of ether oxygens (including phenoxy) is 1. The van der Waals surface area contributed by atoms with Crippen molar-refractivity contribution in [3.63, 3.8) is 0 Å². The van der Waals surface area contributed by atoms with Gasteiger partial charge in [-0.25, -0.2) is 9.97 Å². The summed E-state index contributed by atoms with van der Waals surface area (Å²) in [4.78, 5) is 8.85. The molecule has 1 N–H and O–H groups in total. The topological polar surface area (TPSA) is 47.0 Å². The highest BCUT2D eigenvalue weighted by atomic mass is 16.5. The maximum atomic E-state index is 5.33. The molecule has 0 unspecified atom stereocenters. The minimum atomic E-state index is 0.642. The van der Waals surface area contributed by atoms with Crippen molar-refractivity contribution in [1.29, 1.82) is 0 Å². The Balaban J connectivity index is 2.08. The molecule has 0 atom stereocenters. The van der Waals surface area contributed by atoms with Gasteiger partial charge in [0.1, 0.15) is 5.75 Å². The van der Waals surface area contributed by atoms with E-state index in [1.165, 1.54) is 0 Å². The molecule has 20 heavy (non-hydrogen) atoms. The van der Waals surface area contributed by atoms with Gasteiger partial charge in [-0.15, -0.1) is 0 Å². The Hall–Kier alpha value is -1.94. The van der Waals surface area contributed by atoms with Gasteiger partial charge < -0.3 is 10.1 Å². The summed E-state index contributed by atoms with van der Waals surface area (Å²) in [6, 6.07) is 7.77. The van der Waals surface area contributed by atoms with Crippen molar-refractivity contribution in [2.75, 3.05) is 13.7 Å². The fourth-order valence-corrected chi connectivity index (χ4v) is 1.92. The molecule has 0 spiro atoms. The number of hydrogen-bond donors (Lipinski definition) is 1. The summed E-state index contributed by atoms with van der Waals surface area (Å²) in [5.41, 5.74) is 2.00. The zero-order chi connectivity index (χ0) is 14.4. The first-order chi connectivity index (χ1) is 9.70. The van der Waals surface area contributed by atoms with E-state index in [1.54, 1.807) is 7.11 Å². The van der Waals surface area contributed by atoms with E-state index in [2.05, 4.69) is 29.1 Å². The molecule has 4 nitrogen and oxygen atoms in total. The minimum absolute atomic E-state index is 0.642. The van der Waals surface area contributed by atoms with Gasteiger partial charge in [-0.1, -0.05) is 26.0 Å². The second-order valence-corrected chi connectivity index (χ2v) is 5.14. The van der Waals surface area contributed by atoms with Crippen molar-refractivity contribution in [1.82, 2.24) is 15.3 Å². The number of para-hydroxylation sites is 1. The van der Waals surface area contributed by atoms with Crippen molar-refractivity contribution in [3.05, 3.63) is 42.2 Å². The van der Waals surface area contributed by atoms with Gasteiger partial charge in [0.25, 0.3) is 0 Å². The fraction of sp³-hybridized carbons (Fsp3) is 0.375. The lowest BCUT2D eigenvalue weighted by Gasteiger charge is -2.09. The van der Waals surface area contributed by atoms with Gasteiger partial charge in [-0.2, -0.15) is 0 Å². The smallest absolute Gasteiger partial charge is 0.162 e. The highest BCUT2D eigenvalue weighted by Crippen LogP contribution is 2.26. The van der Waals surface area contributed by atoms with Gasteiger partial charge in [-0.3, -0.25) is 0 Å². The van der Waals surface area contributed by atoms with Crippen LogP contribution in [0.3, 0.4) is 0 Å². The standard InChI is InChI=1S/C16H21N3O/c1-12(2)8-17-9-13-10-18-16(19-11-13)14-6-4-5-7-15(14)20-3/h4-7,10-12,17H,8-9H2,1-3H3. The van der Waals surface area contributed by atoms with E-state index in [9.17, 15) is 0 Å². The molecular formula is C16H21N3O. The molecule has 0 radical (unpaired) electrons. The Morgan fingerprint density at radius 3 is 2.50 bits per heavy atom. The number of nitrogens with one attached hydrogen (secondary N) is 1. The summed E-state index contributed by atoms with van der Waals surface area (Å²) in [5, 5.41) is 3.38. The molecule has 4 heteroatoms. The van der Waals surface area contributed by atoms with Crippen LogP contribution < -0.4 is 10.1 Å². The summed E-state index contributed by atoms with van der Waals surface area (Å²) in [6.07, 6.45) is 3.73. The molecule has 106 valence electrons. The summed E-state index contributed by atoms with van der Waals surface area (Å²) < 4.78 is 5.33. The maximum absolute atomic E-state index is 5.33. The molecule has 1 heterocycles. The largest absolute Gasteiger partial charge is 0.496 e. The average molecular weight is 271 g/mol. The Morgan fingerprint density at radius 1 is 1.15 bits per heavy atom. The fourth-order valence-electron chi connectivity index (χ4n) is 1.92. The van der Waals surface area contributed by atoms with Crippen LogP contribution in [0, 0.1) is 5.92 Å². The van der Waals surface area contributed by atoms with Crippen molar-refractivity contribution < 1.29 is 4.74 Å². The van der Waals surface area contributed by atoms with Gasteiger partial charge in [-0.05, 0) is 24.6 Å². The van der Waals surface area contributed by atoms with Gasteiger partial charge in [0.2, 0.25) is 0 Å². The molecule has 0 amide bonds. The van der Waals surface area contributed by atoms with Gasteiger partial charge >= 0.3 is 0 Å². The van der Waals surface area contributed by atoms with Gasteiger partial charge in [0, 0.05) is 24.5 Å². The summed E-state index contributed by atoms with van der Waals surface area (Å²) in [5.74, 6) is 2.12. The first-order valence-electron chi connectivity index (χ1n) is 6.85. The average Bonchev–Trinajstić information content (AvgIpc) is 2.47. The van der Waals surface area contributed by atoms with Crippen molar-refractivity contribution in [2.45, 2.75) is 20.4 Å². The molecule has 0 aliphatic rings. The Kier molecular flexibility index (Phi) is 5.07. The normalized spacial score (nSPS) is 10.8. The molecule has 2 aromatic rings. The number of hydrogen-bond acceptors (Lipinski definition) is 4.